The van der Waals surface area contributed by atoms with Crippen LogP contribution in [0, 0.1) is 0 Å². The van der Waals surface area contributed by atoms with Crippen molar-refractivity contribution in [2.45, 2.75) is 23.8 Å². The molecule has 0 atom stereocenters. The van der Waals surface area contributed by atoms with Crippen LogP contribution in [-0.4, -0.2) is 23.4 Å². The smallest absolute Gasteiger partial charge is 0.304 e. The van der Waals surface area contributed by atoms with E-state index in [1.54, 1.807) is 6.26 Å². The zero-order valence-electron chi connectivity index (χ0n) is 17.1. The largest absolute Gasteiger partial charge is 0.481 e. The molecular formula is C26H24O4S. The molecule has 0 unspecified atom stereocenters. The molecule has 0 aliphatic carbocycles. The third-order valence-electron chi connectivity index (χ3n) is 5.08. The lowest BCUT2D eigenvalue weighted by molar-refractivity contribution is -0.136. The summed E-state index contributed by atoms with van der Waals surface area (Å²) in [6.45, 7) is 0.555. The minimum Gasteiger partial charge on any atom is -0.481 e. The summed E-state index contributed by atoms with van der Waals surface area (Å²) in [5, 5.41) is 9.92. The lowest BCUT2D eigenvalue weighted by atomic mass is 10.0. The van der Waals surface area contributed by atoms with Gasteiger partial charge < -0.3 is 14.3 Å². The first kappa shape index (κ1) is 21.2. The van der Waals surface area contributed by atoms with E-state index >= 15 is 0 Å². The van der Waals surface area contributed by atoms with Gasteiger partial charge in [0.05, 0.1) is 24.2 Å². The molecule has 1 aromatic heterocycles. The van der Waals surface area contributed by atoms with Gasteiger partial charge >= 0.3 is 5.97 Å². The number of carbonyl (C=O) groups is 1. The zero-order chi connectivity index (χ0) is 21.5. The van der Waals surface area contributed by atoms with Gasteiger partial charge in [-0.3, -0.25) is 4.79 Å². The maximum absolute atomic E-state index is 10.8. The van der Waals surface area contributed by atoms with E-state index in [9.17, 15) is 4.79 Å². The van der Waals surface area contributed by atoms with E-state index in [-0.39, 0.29) is 12.5 Å². The quantitative estimate of drug-likeness (QED) is 0.296. The number of para-hydroxylation sites is 1. The van der Waals surface area contributed by atoms with Gasteiger partial charge in [-0.2, -0.15) is 0 Å². The van der Waals surface area contributed by atoms with Crippen molar-refractivity contribution >= 4 is 28.7 Å². The van der Waals surface area contributed by atoms with Crippen molar-refractivity contribution in [2.75, 3.05) is 12.4 Å². The average Bonchev–Trinajstić information content (AvgIpc) is 3.22. The number of thioether (sulfide) groups is 1. The molecule has 4 rings (SSSR count). The highest BCUT2D eigenvalue weighted by Gasteiger charge is 2.16. The van der Waals surface area contributed by atoms with Crippen molar-refractivity contribution in [1.29, 1.82) is 0 Å². The molecule has 0 spiro atoms. The van der Waals surface area contributed by atoms with Crippen LogP contribution in [0.3, 0.4) is 0 Å². The van der Waals surface area contributed by atoms with Crippen LogP contribution in [0.1, 0.15) is 29.2 Å². The predicted octanol–water partition coefficient (Wildman–Crippen LogP) is 6.35. The molecule has 158 valence electrons. The Morgan fingerprint density at radius 2 is 1.61 bits per heavy atom. The summed E-state index contributed by atoms with van der Waals surface area (Å²) in [5.41, 5.74) is 4.16. The minimum absolute atomic E-state index is 0.122. The first-order valence-corrected chi connectivity index (χ1v) is 11.3. The van der Waals surface area contributed by atoms with E-state index in [4.69, 9.17) is 14.3 Å². The molecule has 1 heterocycles. The molecule has 0 bridgehead atoms. The van der Waals surface area contributed by atoms with Crippen molar-refractivity contribution in [3.8, 4) is 0 Å². The van der Waals surface area contributed by atoms with Crippen LogP contribution in [0.5, 0.6) is 0 Å². The molecule has 31 heavy (non-hydrogen) atoms. The van der Waals surface area contributed by atoms with Gasteiger partial charge in [0.25, 0.3) is 0 Å². The lowest BCUT2D eigenvalue weighted by Crippen LogP contribution is -2.08. The van der Waals surface area contributed by atoms with E-state index in [0.29, 0.717) is 12.4 Å². The number of furan rings is 1. The van der Waals surface area contributed by atoms with Gasteiger partial charge in [0, 0.05) is 16.7 Å². The highest BCUT2D eigenvalue weighted by molar-refractivity contribution is 7.99. The molecule has 5 heteroatoms. The molecule has 4 aromatic rings. The monoisotopic (exact) mass is 432 g/mol. The zero-order valence-corrected chi connectivity index (χ0v) is 17.9. The SMILES string of the molecule is O=C(O)CCSc1cccc2c(CCOC(c3ccccc3)c3ccccc3)coc12. The van der Waals surface area contributed by atoms with Gasteiger partial charge in [-0.05, 0) is 23.6 Å². The number of hydrogen-bond donors (Lipinski definition) is 1. The molecule has 0 aliphatic rings. The van der Waals surface area contributed by atoms with Crippen molar-refractivity contribution < 1.29 is 19.1 Å². The Kier molecular flexibility index (Phi) is 7.07. The topological polar surface area (TPSA) is 59.7 Å². The maximum atomic E-state index is 10.8. The fourth-order valence-corrected chi connectivity index (χ4v) is 4.53. The number of fused-ring (bicyclic) bond motifs is 1. The molecule has 1 N–H and O–H groups in total. The van der Waals surface area contributed by atoms with Gasteiger partial charge in [-0.15, -0.1) is 11.8 Å². The molecule has 0 saturated heterocycles. The highest BCUT2D eigenvalue weighted by Crippen LogP contribution is 2.32. The predicted molar refractivity (Wildman–Crippen MR) is 124 cm³/mol. The number of hydrogen-bond acceptors (Lipinski definition) is 4. The third-order valence-corrected chi connectivity index (χ3v) is 6.12. The summed E-state index contributed by atoms with van der Waals surface area (Å²) in [5.74, 6) is -0.271. The van der Waals surface area contributed by atoms with Gasteiger partial charge in [0.1, 0.15) is 11.7 Å². The van der Waals surface area contributed by atoms with Gasteiger partial charge in [-0.25, -0.2) is 0 Å². The molecule has 0 aliphatic heterocycles. The first-order chi connectivity index (χ1) is 15.2. The standard InChI is InChI=1S/C26H24O4S/c27-24(28)15-17-31-23-13-7-12-22-21(18-30-26(22)23)14-16-29-25(19-8-3-1-4-9-19)20-10-5-2-6-11-20/h1-13,18,25H,14-17H2,(H,27,28). The summed E-state index contributed by atoms with van der Waals surface area (Å²) in [7, 11) is 0. The summed E-state index contributed by atoms with van der Waals surface area (Å²) in [4.78, 5) is 11.8. The van der Waals surface area contributed by atoms with Crippen LogP contribution in [-0.2, 0) is 16.0 Å². The first-order valence-electron chi connectivity index (χ1n) is 10.3. The Morgan fingerprint density at radius 1 is 0.935 bits per heavy atom. The number of ether oxygens (including phenoxy) is 1. The van der Waals surface area contributed by atoms with Crippen LogP contribution >= 0.6 is 11.8 Å². The van der Waals surface area contributed by atoms with Gasteiger partial charge in [0.15, 0.2) is 0 Å². The van der Waals surface area contributed by atoms with E-state index in [1.807, 2.05) is 54.6 Å². The highest BCUT2D eigenvalue weighted by atomic mass is 32.2. The van der Waals surface area contributed by atoms with Gasteiger partial charge in [0.2, 0.25) is 0 Å². The maximum Gasteiger partial charge on any atom is 0.304 e. The van der Waals surface area contributed by atoms with Crippen LogP contribution in [0.25, 0.3) is 11.0 Å². The fourth-order valence-electron chi connectivity index (χ4n) is 3.57. The van der Waals surface area contributed by atoms with Crippen LogP contribution in [0.15, 0.2) is 94.4 Å². The molecule has 0 saturated carbocycles. The Balaban J connectivity index is 1.46. The summed E-state index contributed by atoms with van der Waals surface area (Å²) >= 11 is 1.51. The number of benzene rings is 3. The second kappa shape index (κ2) is 10.3. The molecule has 0 amide bonds. The number of carboxylic acids is 1. The Bertz CT molecular complexity index is 1080. The fraction of sp³-hybridized carbons (Fsp3) is 0.192. The van der Waals surface area contributed by atoms with E-state index in [1.165, 1.54) is 11.8 Å². The Labute approximate surface area is 185 Å². The summed E-state index contributed by atoms with van der Waals surface area (Å²) in [6.07, 6.45) is 2.52. The Morgan fingerprint density at radius 3 is 2.26 bits per heavy atom. The molecule has 3 aromatic carbocycles. The normalized spacial score (nSPS) is 11.3. The molecule has 0 fully saturated rings. The van der Waals surface area contributed by atoms with Gasteiger partial charge in [-0.1, -0.05) is 72.8 Å². The number of rotatable bonds is 10. The van der Waals surface area contributed by atoms with Crippen molar-refractivity contribution in [2.24, 2.45) is 0 Å². The van der Waals surface area contributed by atoms with E-state index in [2.05, 4.69) is 24.3 Å². The van der Waals surface area contributed by atoms with Crippen LogP contribution in [0.2, 0.25) is 0 Å². The molecule has 0 radical (unpaired) electrons. The number of aliphatic carboxylic acids is 1. The summed E-state index contributed by atoms with van der Waals surface area (Å²) in [6, 6.07) is 26.5. The average molecular weight is 433 g/mol. The third kappa shape index (κ3) is 5.37. The van der Waals surface area contributed by atoms with Crippen molar-refractivity contribution in [3.05, 3.63) is 102 Å². The van der Waals surface area contributed by atoms with Crippen LogP contribution < -0.4 is 0 Å². The minimum atomic E-state index is -0.789. The van der Waals surface area contributed by atoms with Crippen molar-refractivity contribution in [1.82, 2.24) is 0 Å². The van der Waals surface area contributed by atoms with Crippen molar-refractivity contribution in [3.63, 3.8) is 0 Å². The molecular weight excluding hydrogens is 408 g/mol. The molecule has 4 nitrogen and oxygen atoms in total. The van der Waals surface area contributed by atoms with E-state index < -0.39 is 5.97 Å². The Hall–Kier alpha value is -3.02. The second-order valence-electron chi connectivity index (χ2n) is 7.21. The summed E-state index contributed by atoms with van der Waals surface area (Å²) < 4.78 is 12.2. The second-order valence-corrected chi connectivity index (χ2v) is 8.34. The number of carboxylic acid groups (broad SMARTS) is 1. The van der Waals surface area contributed by atoms with Crippen LogP contribution in [0.4, 0.5) is 0 Å². The van der Waals surface area contributed by atoms with E-state index in [0.717, 1.165) is 39.0 Å². The lowest BCUT2D eigenvalue weighted by Gasteiger charge is -2.19.